The van der Waals surface area contributed by atoms with Crippen LogP contribution in [0.3, 0.4) is 0 Å². The molecule has 3 N–H and O–H groups in total. The Hall–Kier alpha value is -2.84. The molecule has 134 valence electrons. The van der Waals surface area contributed by atoms with Gasteiger partial charge in [0, 0.05) is 5.69 Å². The quantitative estimate of drug-likeness (QED) is 0.553. The Morgan fingerprint density at radius 1 is 1.15 bits per heavy atom. The Morgan fingerprint density at radius 3 is 2.38 bits per heavy atom. The molecule has 26 heavy (non-hydrogen) atoms. The molecule has 1 amide bonds. The van der Waals surface area contributed by atoms with E-state index in [9.17, 15) is 4.79 Å². The predicted octanol–water partition coefficient (Wildman–Crippen LogP) is 3.13. The molecule has 3 aromatic rings. The summed E-state index contributed by atoms with van der Waals surface area (Å²) in [5, 5.41) is 19.1. The molecule has 7 nitrogen and oxygen atoms in total. The van der Waals surface area contributed by atoms with E-state index in [1.165, 1.54) is 11.8 Å². The minimum atomic E-state index is -0.134. The Labute approximate surface area is 154 Å². The Morgan fingerprint density at radius 2 is 1.81 bits per heavy atom. The predicted molar refractivity (Wildman–Crippen MR) is 99.4 cm³/mol. The van der Waals surface area contributed by atoms with Gasteiger partial charge in [-0.3, -0.25) is 9.89 Å². The van der Waals surface area contributed by atoms with Gasteiger partial charge in [-0.1, -0.05) is 23.9 Å². The van der Waals surface area contributed by atoms with Gasteiger partial charge in [0.15, 0.2) is 0 Å². The molecule has 8 heteroatoms. The van der Waals surface area contributed by atoms with Gasteiger partial charge in [-0.15, -0.1) is 5.10 Å². The van der Waals surface area contributed by atoms with E-state index in [2.05, 4.69) is 20.5 Å². The van der Waals surface area contributed by atoms with Crippen LogP contribution < -0.4 is 10.1 Å². The van der Waals surface area contributed by atoms with E-state index in [0.717, 1.165) is 11.4 Å². The number of nitrogens with one attached hydrogen (secondary N) is 2. The second-order valence-corrected chi connectivity index (χ2v) is 6.41. The van der Waals surface area contributed by atoms with E-state index in [1.807, 2.05) is 6.92 Å². The summed E-state index contributed by atoms with van der Waals surface area (Å²) in [4.78, 5) is 16.1. The lowest BCUT2D eigenvalue weighted by molar-refractivity contribution is -0.113. The van der Waals surface area contributed by atoms with E-state index >= 15 is 0 Å². The monoisotopic (exact) mass is 370 g/mol. The number of aromatic amines is 1. The number of thioether (sulfide) groups is 1. The maximum atomic E-state index is 12.0. The highest BCUT2D eigenvalue weighted by Gasteiger charge is 2.07. The molecule has 0 spiro atoms. The molecule has 0 atom stereocenters. The summed E-state index contributed by atoms with van der Waals surface area (Å²) in [6, 6.07) is 14.3. The zero-order valence-electron chi connectivity index (χ0n) is 14.1. The number of hydrogen-bond donors (Lipinski definition) is 3. The summed E-state index contributed by atoms with van der Waals surface area (Å²) >= 11 is 1.27. The van der Waals surface area contributed by atoms with Crippen LogP contribution in [-0.2, 0) is 11.4 Å². The van der Waals surface area contributed by atoms with Crippen LogP contribution in [0.5, 0.6) is 11.5 Å². The fraction of sp³-hybridized carbons (Fsp3) is 0.167. The lowest BCUT2D eigenvalue weighted by atomic mass is 10.2. The van der Waals surface area contributed by atoms with Crippen molar-refractivity contribution >= 4 is 23.4 Å². The van der Waals surface area contributed by atoms with Gasteiger partial charge in [-0.2, -0.15) is 0 Å². The number of amides is 1. The maximum absolute atomic E-state index is 12.0. The minimum Gasteiger partial charge on any atom is -0.457 e. The molecule has 0 aliphatic carbocycles. The van der Waals surface area contributed by atoms with Gasteiger partial charge in [-0.05, 0) is 48.9 Å². The van der Waals surface area contributed by atoms with E-state index in [4.69, 9.17) is 9.84 Å². The van der Waals surface area contributed by atoms with Crippen LogP contribution in [0.15, 0.2) is 53.7 Å². The van der Waals surface area contributed by atoms with Crippen molar-refractivity contribution < 1.29 is 14.6 Å². The lowest BCUT2D eigenvalue weighted by Crippen LogP contribution is -2.14. The molecule has 3 rings (SSSR count). The first-order valence-electron chi connectivity index (χ1n) is 7.92. The number of rotatable bonds is 7. The minimum absolute atomic E-state index is 0.00275. The first-order valence-corrected chi connectivity index (χ1v) is 8.90. The number of aryl methyl sites for hydroxylation is 1. The number of benzene rings is 2. The van der Waals surface area contributed by atoms with Gasteiger partial charge >= 0.3 is 0 Å². The third-order valence-corrected chi connectivity index (χ3v) is 4.24. The molecule has 0 unspecified atom stereocenters. The van der Waals surface area contributed by atoms with Crippen LogP contribution in [0.25, 0.3) is 0 Å². The molecule has 1 heterocycles. The second kappa shape index (κ2) is 8.50. The Balaban J connectivity index is 1.50. The number of aliphatic hydroxyl groups excluding tert-OH is 1. The number of carbonyl (C=O) groups is 1. The van der Waals surface area contributed by atoms with Crippen molar-refractivity contribution in [2.75, 3.05) is 11.1 Å². The Kier molecular flexibility index (Phi) is 5.88. The largest absolute Gasteiger partial charge is 0.457 e. The molecule has 0 aliphatic heterocycles. The summed E-state index contributed by atoms with van der Waals surface area (Å²) in [5.41, 5.74) is 1.51. The molecule has 1 aromatic heterocycles. The first-order chi connectivity index (χ1) is 12.6. The van der Waals surface area contributed by atoms with Crippen molar-refractivity contribution in [2.24, 2.45) is 0 Å². The van der Waals surface area contributed by atoms with Crippen molar-refractivity contribution in [1.29, 1.82) is 0 Å². The number of hydrogen-bond acceptors (Lipinski definition) is 6. The smallest absolute Gasteiger partial charge is 0.234 e. The summed E-state index contributed by atoms with van der Waals surface area (Å²) in [6.45, 7) is 1.81. The highest BCUT2D eigenvalue weighted by molar-refractivity contribution is 7.99. The number of ether oxygens (including phenoxy) is 1. The van der Waals surface area contributed by atoms with Crippen LogP contribution in [0.4, 0.5) is 5.69 Å². The van der Waals surface area contributed by atoms with Gasteiger partial charge in [0.1, 0.15) is 17.3 Å². The van der Waals surface area contributed by atoms with E-state index in [0.29, 0.717) is 22.3 Å². The maximum Gasteiger partial charge on any atom is 0.234 e. The van der Waals surface area contributed by atoms with Crippen LogP contribution in [0, 0.1) is 6.92 Å². The van der Waals surface area contributed by atoms with Gasteiger partial charge < -0.3 is 15.2 Å². The molecule has 2 aromatic carbocycles. The highest BCUT2D eigenvalue weighted by Crippen LogP contribution is 2.23. The molecule has 0 saturated heterocycles. The Bertz CT molecular complexity index is 863. The van der Waals surface area contributed by atoms with Crippen LogP contribution in [0.2, 0.25) is 0 Å². The second-order valence-electron chi connectivity index (χ2n) is 5.47. The van der Waals surface area contributed by atoms with E-state index in [1.54, 1.807) is 48.5 Å². The van der Waals surface area contributed by atoms with Gasteiger partial charge in [0.25, 0.3) is 0 Å². The summed E-state index contributed by atoms with van der Waals surface area (Å²) in [6.07, 6.45) is 0. The van der Waals surface area contributed by atoms with Crippen LogP contribution in [0.1, 0.15) is 11.4 Å². The zero-order chi connectivity index (χ0) is 18.4. The van der Waals surface area contributed by atoms with Crippen molar-refractivity contribution in [3.63, 3.8) is 0 Å². The number of H-pyrrole nitrogens is 1. The standard InChI is InChI=1S/C18H18N4O3S/c1-12-19-18(22-21-12)26-11-17(24)20-14-4-8-16(9-5-14)25-15-6-2-13(10-23)3-7-15/h2-9,23H,10-11H2,1H3,(H,20,24)(H,19,21,22). The highest BCUT2D eigenvalue weighted by atomic mass is 32.2. The van der Waals surface area contributed by atoms with Crippen molar-refractivity contribution in [2.45, 2.75) is 18.7 Å². The lowest BCUT2D eigenvalue weighted by Gasteiger charge is -2.08. The zero-order valence-corrected chi connectivity index (χ0v) is 14.9. The molecule has 0 saturated carbocycles. The van der Waals surface area contributed by atoms with Gasteiger partial charge in [-0.25, -0.2) is 4.98 Å². The molecule has 0 bridgehead atoms. The number of anilines is 1. The van der Waals surface area contributed by atoms with Crippen molar-refractivity contribution in [3.8, 4) is 11.5 Å². The van der Waals surface area contributed by atoms with Gasteiger partial charge in [0.2, 0.25) is 11.1 Å². The van der Waals surface area contributed by atoms with E-state index < -0.39 is 0 Å². The number of nitrogens with zero attached hydrogens (tertiary/aromatic N) is 2. The third-order valence-electron chi connectivity index (χ3n) is 3.39. The average Bonchev–Trinajstić information content (AvgIpc) is 3.08. The topological polar surface area (TPSA) is 100 Å². The summed E-state index contributed by atoms with van der Waals surface area (Å²) < 4.78 is 5.73. The molecular weight excluding hydrogens is 352 g/mol. The third kappa shape index (κ3) is 5.08. The fourth-order valence-electron chi connectivity index (χ4n) is 2.12. The SMILES string of the molecule is Cc1nc(SCC(=O)Nc2ccc(Oc3ccc(CO)cc3)cc2)n[nH]1. The van der Waals surface area contributed by atoms with Crippen LogP contribution >= 0.6 is 11.8 Å². The summed E-state index contributed by atoms with van der Waals surface area (Å²) in [7, 11) is 0. The van der Waals surface area contributed by atoms with Crippen molar-refractivity contribution in [1.82, 2.24) is 15.2 Å². The normalized spacial score (nSPS) is 10.5. The summed E-state index contributed by atoms with van der Waals surface area (Å²) in [5.74, 6) is 2.15. The van der Waals surface area contributed by atoms with Crippen molar-refractivity contribution in [3.05, 3.63) is 59.9 Å². The molecule has 0 fully saturated rings. The molecule has 0 radical (unpaired) electrons. The van der Waals surface area contributed by atoms with Crippen LogP contribution in [-0.4, -0.2) is 31.9 Å². The molecule has 0 aliphatic rings. The fourth-order valence-corrected chi connectivity index (χ4v) is 2.76. The van der Waals surface area contributed by atoms with Gasteiger partial charge in [0.05, 0.1) is 12.4 Å². The average molecular weight is 370 g/mol. The number of aromatic nitrogens is 3. The number of aliphatic hydroxyl groups is 1. The molecular formula is C18H18N4O3S. The number of carbonyl (C=O) groups excluding carboxylic acids is 1. The van der Waals surface area contributed by atoms with E-state index in [-0.39, 0.29) is 18.3 Å². The first kappa shape index (κ1) is 18.0.